The molecular formula is C18H22F3N5O2. The standard InChI is InChI=1S/C18H22F3N5O2/c19-18(20,21)14-2-7-26(8-3-14)17(28)15-16(23-5-4-22-15)25-11-9-24(10-12-25)6-1-13-27/h1,4-6,13-14H,2-3,7-12H2. The van der Waals surface area contributed by atoms with Gasteiger partial charge in [-0.2, -0.15) is 13.2 Å². The van der Waals surface area contributed by atoms with Crippen molar-refractivity contribution in [1.82, 2.24) is 19.8 Å². The van der Waals surface area contributed by atoms with Crippen LogP contribution in [0, 0.1) is 5.92 Å². The third-order valence-corrected chi connectivity index (χ3v) is 5.12. The molecule has 0 bridgehead atoms. The van der Waals surface area contributed by atoms with Crippen LogP contribution in [0.4, 0.5) is 19.0 Å². The maximum Gasteiger partial charge on any atom is 0.391 e. The molecule has 0 radical (unpaired) electrons. The number of halogens is 3. The Bertz CT molecular complexity index is 724. The minimum Gasteiger partial charge on any atom is -0.374 e. The Hall–Kier alpha value is -2.65. The van der Waals surface area contributed by atoms with Gasteiger partial charge in [-0.15, -0.1) is 0 Å². The first-order valence-corrected chi connectivity index (χ1v) is 9.18. The molecule has 28 heavy (non-hydrogen) atoms. The van der Waals surface area contributed by atoms with E-state index in [0.717, 1.165) is 0 Å². The highest BCUT2D eigenvalue weighted by atomic mass is 19.4. The van der Waals surface area contributed by atoms with E-state index in [1.54, 1.807) is 6.20 Å². The number of amides is 1. The number of likely N-dealkylation sites (tertiary alicyclic amines) is 1. The number of carbonyl (C=O) groups excluding carboxylic acids is 2. The van der Waals surface area contributed by atoms with E-state index in [1.807, 2.05) is 9.80 Å². The normalized spacial score (nSPS) is 19.3. The Morgan fingerprint density at radius 3 is 2.29 bits per heavy atom. The van der Waals surface area contributed by atoms with Crippen LogP contribution in [-0.4, -0.2) is 77.4 Å². The summed E-state index contributed by atoms with van der Waals surface area (Å²) < 4.78 is 38.5. The second-order valence-electron chi connectivity index (χ2n) is 6.84. The molecule has 7 nitrogen and oxygen atoms in total. The molecule has 0 atom stereocenters. The molecule has 1 aromatic heterocycles. The summed E-state index contributed by atoms with van der Waals surface area (Å²) in [6.07, 6.45) is 2.38. The van der Waals surface area contributed by atoms with Gasteiger partial charge in [0.25, 0.3) is 5.91 Å². The minimum atomic E-state index is -4.22. The predicted molar refractivity (Wildman–Crippen MR) is 95.7 cm³/mol. The summed E-state index contributed by atoms with van der Waals surface area (Å²) in [4.78, 5) is 37.1. The molecule has 10 heteroatoms. The molecule has 0 spiro atoms. The Balaban J connectivity index is 1.67. The van der Waals surface area contributed by atoms with Gasteiger partial charge in [-0.1, -0.05) is 0 Å². The van der Waals surface area contributed by atoms with E-state index in [4.69, 9.17) is 0 Å². The van der Waals surface area contributed by atoms with Crippen LogP contribution in [0.5, 0.6) is 0 Å². The summed E-state index contributed by atoms with van der Waals surface area (Å²) in [6, 6.07) is 0. The average molecular weight is 397 g/mol. The molecule has 2 saturated heterocycles. The van der Waals surface area contributed by atoms with Crippen LogP contribution in [0.3, 0.4) is 0 Å². The van der Waals surface area contributed by atoms with Gasteiger partial charge >= 0.3 is 6.18 Å². The van der Waals surface area contributed by atoms with Crippen molar-refractivity contribution >= 4 is 18.0 Å². The molecule has 2 aliphatic rings. The van der Waals surface area contributed by atoms with Gasteiger partial charge in [0.2, 0.25) is 0 Å². The number of nitrogens with zero attached hydrogens (tertiary/aromatic N) is 5. The Labute approximate surface area is 160 Å². The number of alkyl halides is 3. The van der Waals surface area contributed by atoms with E-state index in [2.05, 4.69) is 9.97 Å². The highest BCUT2D eigenvalue weighted by molar-refractivity contribution is 5.97. The van der Waals surface area contributed by atoms with Crippen molar-refractivity contribution in [3.63, 3.8) is 0 Å². The first kappa shape index (κ1) is 20.1. The van der Waals surface area contributed by atoms with Crippen LogP contribution in [0.15, 0.2) is 24.7 Å². The van der Waals surface area contributed by atoms with Crippen LogP contribution in [0.2, 0.25) is 0 Å². The number of piperidine rings is 1. The van der Waals surface area contributed by atoms with Gasteiger partial charge in [0.05, 0.1) is 5.92 Å². The van der Waals surface area contributed by atoms with Crippen molar-refractivity contribution in [2.24, 2.45) is 5.92 Å². The van der Waals surface area contributed by atoms with Crippen molar-refractivity contribution in [2.75, 3.05) is 44.2 Å². The topological polar surface area (TPSA) is 69.6 Å². The van der Waals surface area contributed by atoms with Crippen LogP contribution in [-0.2, 0) is 4.79 Å². The lowest BCUT2D eigenvalue weighted by molar-refractivity contribution is -0.183. The summed E-state index contributed by atoms with van der Waals surface area (Å²) in [5, 5.41) is 0. The maximum atomic E-state index is 12.9. The van der Waals surface area contributed by atoms with Crippen molar-refractivity contribution in [3.05, 3.63) is 30.4 Å². The zero-order valence-corrected chi connectivity index (χ0v) is 15.3. The molecule has 3 heterocycles. The maximum absolute atomic E-state index is 12.9. The first-order valence-electron chi connectivity index (χ1n) is 9.18. The molecule has 0 unspecified atom stereocenters. The molecule has 2 aliphatic heterocycles. The first-order chi connectivity index (χ1) is 13.4. The van der Waals surface area contributed by atoms with Gasteiger partial charge in [0, 0.05) is 57.9 Å². The van der Waals surface area contributed by atoms with E-state index in [-0.39, 0.29) is 37.5 Å². The molecule has 0 saturated carbocycles. The van der Waals surface area contributed by atoms with Crippen molar-refractivity contribution in [1.29, 1.82) is 0 Å². The Morgan fingerprint density at radius 1 is 1.04 bits per heavy atom. The molecule has 0 N–H and O–H groups in total. The van der Waals surface area contributed by atoms with Gasteiger partial charge < -0.3 is 14.7 Å². The van der Waals surface area contributed by atoms with Gasteiger partial charge in [0.1, 0.15) is 6.29 Å². The Morgan fingerprint density at radius 2 is 1.68 bits per heavy atom. The molecule has 0 aliphatic carbocycles. The number of hydrogen-bond donors (Lipinski definition) is 0. The van der Waals surface area contributed by atoms with Gasteiger partial charge in [-0.25, -0.2) is 9.97 Å². The highest BCUT2D eigenvalue weighted by Gasteiger charge is 2.42. The largest absolute Gasteiger partial charge is 0.391 e. The summed E-state index contributed by atoms with van der Waals surface area (Å²) in [7, 11) is 0. The SMILES string of the molecule is O=CC=CN1CCN(c2nccnc2C(=O)N2CCC(C(F)(F)F)CC2)CC1. The Kier molecular flexibility index (Phi) is 6.15. The summed E-state index contributed by atoms with van der Waals surface area (Å²) in [6.45, 7) is 2.63. The smallest absolute Gasteiger partial charge is 0.374 e. The third kappa shape index (κ3) is 4.60. The van der Waals surface area contributed by atoms with Gasteiger partial charge in [-0.05, 0) is 18.9 Å². The second kappa shape index (κ2) is 8.57. The van der Waals surface area contributed by atoms with Crippen LogP contribution in [0.25, 0.3) is 0 Å². The predicted octanol–water partition coefficient (Wildman–Crippen LogP) is 1.73. The fourth-order valence-electron chi connectivity index (χ4n) is 3.51. The van der Waals surface area contributed by atoms with Gasteiger partial charge in [0.15, 0.2) is 11.5 Å². The van der Waals surface area contributed by atoms with E-state index >= 15 is 0 Å². The molecule has 3 rings (SSSR count). The molecule has 1 amide bonds. The number of allylic oxidation sites excluding steroid dienone is 1. The van der Waals surface area contributed by atoms with E-state index in [9.17, 15) is 22.8 Å². The number of piperazine rings is 1. The van der Waals surface area contributed by atoms with E-state index < -0.39 is 12.1 Å². The average Bonchev–Trinajstić information content (AvgIpc) is 2.71. The molecule has 152 valence electrons. The van der Waals surface area contributed by atoms with E-state index in [0.29, 0.717) is 38.3 Å². The molecule has 1 aromatic rings. The second-order valence-corrected chi connectivity index (χ2v) is 6.84. The number of carbonyl (C=O) groups is 2. The van der Waals surface area contributed by atoms with Crippen molar-refractivity contribution < 1.29 is 22.8 Å². The van der Waals surface area contributed by atoms with Crippen LogP contribution in [0.1, 0.15) is 23.3 Å². The molecular weight excluding hydrogens is 375 g/mol. The van der Waals surface area contributed by atoms with Crippen LogP contribution < -0.4 is 4.90 Å². The number of anilines is 1. The zero-order chi connectivity index (χ0) is 20.1. The van der Waals surface area contributed by atoms with E-state index in [1.165, 1.54) is 23.4 Å². The highest BCUT2D eigenvalue weighted by Crippen LogP contribution is 2.34. The zero-order valence-electron chi connectivity index (χ0n) is 15.3. The number of rotatable bonds is 4. The van der Waals surface area contributed by atoms with Crippen LogP contribution >= 0.6 is 0 Å². The quantitative estimate of drug-likeness (QED) is 0.569. The lowest BCUT2D eigenvalue weighted by Gasteiger charge is -2.36. The number of aromatic nitrogens is 2. The summed E-state index contributed by atoms with van der Waals surface area (Å²) in [5.74, 6) is -1.29. The minimum absolute atomic E-state index is 0.0588. The van der Waals surface area contributed by atoms with Crippen molar-refractivity contribution in [2.45, 2.75) is 19.0 Å². The summed E-state index contributed by atoms with van der Waals surface area (Å²) in [5.41, 5.74) is 0.171. The fourth-order valence-corrected chi connectivity index (χ4v) is 3.51. The number of hydrogen-bond acceptors (Lipinski definition) is 6. The number of aldehydes is 1. The third-order valence-electron chi connectivity index (χ3n) is 5.12. The fraction of sp³-hybridized carbons (Fsp3) is 0.556. The lowest BCUT2D eigenvalue weighted by atomic mass is 9.96. The lowest BCUT2D eigenvalue weighted by Crippen LogP contribution is -2.46. The summed E-state index contributed by atoms with van der Waals surface area (Å²) >= 11 is 0. The van der Waals surface area contributed by atoms with Gasteiger partial charge in [-0.3, -0.25) is 9.59 Å². The molecule has 2 fully saturated rings. The van der Waals surface area contributed by atoms with Crippen molar-refractivity contribution in [3.8, 4) is 0 Å². The monoisotopic (exact) mass is 397 g/mol. The molecule has 0 aromatic carbocycles.